The highest BCUT2D eigenvalue weighted by Crippen LogP contribution is 2.24. The molecule has 2 N–H and O–H groups in total. The van der Waals surface area contributed by atoms with Gasteiger partial charge in [0.1, 0.15) is 0 Å². The molecule has 1 unspecified atom stereocenters. The Balaban J connectivity index is 2.65. The second kappa shape index (κ2) is 6.57. The molecule has 0 fully saturated rings. The zero-order chi connectivity index (χ0) is 12.8. The Morgan fingerprint density at radius 1 is 1.35 bits per heavy atom. The summed E-state index contributed by atoms with van der Waals surface area (Å²) in [6.07, 6.45) is -0.858. The number of benzene rings is 1. The third-order valence-electron chi connectivity index (χ3n) is 2.46. The van der Waals surface area contributed by atoms with Crippen LogP contribution in [0, 0.1) is 11.7 Å². The first-order chi connectivity index (χ1) is 8.06. The Kier molecular flexibility index (Phi) is 5.38. The second-order valence-electron chi connectivity index (χ2n) is 4.43. The van der Waals surface area contributed by atoms with E-state index in [0.717, 1.165) is 6.54 Å². The Morgan fingerprint density at radius 3 is 2.65 bits per heavy atom. The molecule has 17 heavy (non-hydrogen) atoms. The van der Waals surface area contributed by atoms with Crippen molar-refractivity contribution >= 4 is 0 Å². The van der Waals surface area contributed by atoms with Crippen LogP contribution in [0.2, 0.25) is 0 Å². The molecule has 0 saturated carbocycles. The molecule has 96 valence electrons. The molecule has 0 aromatic heterocycles. The van der Waals surface area contributed by atoms with Crippen molar-refractivity contribution in [1.82, 2.24) is 5.32 Å². The fourth-order valence-corrected chi connectivity index (χ4v) is 1.56. The van der Waals surface area contributed by atoms with E-state index in [4.69, 9.17) is 4.74 Å². The molecule has 1 aromatic carbocycles. The molecule has 4 heteroatoms. The molecular formula is C13H20FNO2. The molecule has 0 amide bonds. The first-order valence-electron chi connectivity index (χ1n) is 5.77. The fraction of sp³-hybridized carbons (Fsp3) is 0.538. The number of halogens is 1. The lowest BCUT2D eigenvalue weighted by atomic mass is 10.1. The number of nitrogens with one attached hydrogen (secondary N) is 1. The highest BCUT2D eigenvalue weighted by Gasteiger charge is 2.15. The van der Waals surface area contributed by atoms with Gasteiger partial charge in [0.25, 0.3) is 0 Å². The molecule has 1 rings (SSSR count). The summed E-state index contributed by atoms with van der Waals surface area (Å²) in [5, 5.41) is 13.0. The maximum atomic E-state index is 13.8. The number of ether oxygens (including phenoxy) is 1. The second-order valence-corrected chi connectivity index (χ2v) is 4.43. The predicted octanol–water partition coefficient (Wildman–Crippen LogP) is 2.11. The summed E-state index contributed by atoms with van der Waals surface area (Å²) in [4.78, 5) is 0. The third kappa shape index (κ3) is 3.98. The van der Waals surface area contributed by atoms with Gasteiger partial charge in [0.15, 0.2) is 11.6 Å². The molecule has 0 heterocycles. The molecule has 0 spiro atoms. The molecule has 3 nitrogen and oxygen atoms in total. The van der Waals surface area contributed by atoms with E-state index in [0.29, 0.717) is 12.5 Å². The Bertz CT molecular complexity index is 355. The summed E-state index contributed by atoms with van der Waals surface area (Å²) >= 11 is 0. The van der Waals surface area contributed by atoms with Gasteiger partial charge in [-0.15, -0.1) is 0 Å². The van der Waals surface area contributed by atoms with Crippen LogP contribution in [0.15, 0.2) is 18.2 Å². The third-order valence-corrected chi connectivity index (χ3v) is 2.46. The Hall–Kier alpha value is -1.13. The van der Waals surface area contributed by atoms with Gasteiger partial charge in [-0.25, -0.2) is 4.39 Å². The van der Waals surface area contributed by atoms with Gasteiger partial charge in [-0.2, -0.15) is 0 Å². The zero-order valence-electron chi connectivity index (χ0n) is 10.5. The topological polar surface area (TPSA) is 41.5 Å². The Labute approximate surface area is 102 Å². The van der Waals surface area contributed by atoms with Crippen molar-refractivity contribution < 1.29 is 14.2 Å². The van der Waals surface area contributed by atoms with E-state index < -0.39 is 11.9 Å². The van der Waals surface area contributed by atoms with E-state index in [2.05, 4.69) is 19.2 Å². The lowest BCUT2D eigenvalue weighted by Gasteiger charge is -2.15. The van der Waals surface area contributed by atoms with Crippen molar-refractivity contribution in [2.75, 3.05) is 20.2 Å². The molecule has 0 bridgehead atoms. The van der Waals surface area contributed by atoms with Crippen LogP contribution in [-0.4, -0.2) is 25.3 Å². The van der Waals surface area contributed by atoms with Crippen LogP contribution < -0.4 is 10.1 Å². The quantitative estimate of drug-likeness (QED) is 0.801. The van der Waals surface area contributed by atoms with Gasteiger partial charge in [0, 0.05) is 12.1 Å². The molecular weight excluding hydrogens is 221 g/mol. The van der Waals surface area contributed by atoms with Crippen LogP contribution in [0.4, 0.5) is 4.39 Å². The van der Waals surface area contributed by atoms with Gasteiger partial charge in [0.05, 0.1) is 13.2 Å². The summed E-state index contributed by atoms with van der Waals surface area (Å²) in [6, 6.07) is 4.77. The average Bonchev–Trinajstić information content (AvgIpc) is 2.28. The zero-order valence-corrected chi connectivity index (χ0v) is 10.5. The van der Waals surface area contributed by atoms with Crippen molar-refractivity contribution in [1.29, 1.82) is 0 Å². The van der Waals surface area contributed by atoms with Gasteiger partial charge < -0.3 is 15.2 Å². The van der Waals surface area contributed by atoms with E-state index in [1.54, 1.807) is 12.1 Å². The first-order valence-corrected chi connectivity index (χ1v) is 5.77. The fourth-order valence-electron chi connectivity index (χ4n) is 1.56. The minimum Gasteiger partial charge on any atom is -0.494 e. The number of hydrogen-bond acceptors (Lipinski definition) is 3. The molecule has 0 aliphatic carbocycles. The summed E-state index contributed by atoms with van der Waals surface area (Å²) < 4.78 is 18.7. The minimum atomic E-state index is -0.858. The van der Waals surface area contributed by atoms with Crippen LogP contribution >= 0.6 is 0 Å². The van der Waals surface area contributed by atoms with Gasteiger partial charge in [-0.1, -0.05) is 26.0 Å². The van der Waals surface area contributed by atoms with E-state index in [-0.39, 0.29) is 11.3 Å². The number of rotatable bonds is 6. The smallest absolute Gasteiger partial charge is 0.170 e. The first kappa shape index (κ1) is 13.9. The van der Waals surface area contributed by atoms with Crippen molar-refractivity contribution in [3.8, 4) is 5.75 Å². The Morgan fingerprint density at radius 2 is 2.06 bits per heavy atom. The monoisotopic (exact) mass is 241 g/mol. The molecule has 0 saturated heterocycles. The van der Waals surface area contributed by atoms with Crippen LogP contribution in [0.1, 0.15) is 25.5 Å². The van der Waals surface area contributed by atoms with Crippen LogP contribution in [0.5, 0.6) is 5.75 Å². The summed E-state index contributed by atoms with van der Waals surface area (Å²) in [7, 11) is 1.41. The SMILES string of the molecule is COc1cccc(C(O)CNCC(C)C)c1F. The van der Waals surface area contributed by atoms with E-state index in [1.807, 2.05) is 0 Å². The van der Waals surface area contributed by atoms with Crippen LogP contribution in [-0.2, 0) is 0 Å². The van der Waals surface area contributed by atoms with Gasteiger partial charge in [-0.05, 0) is 18.5 Å². The standard InChI is InChI=1S/C13H20FNO2/c1-9(2)7-15-8-11(16)10-5-4-6-12(17-3)13(10)14/h4-6,9,11,15-16H,7-8H2,1-3H3. The van der Waals surface area contributed by atoms with Crippen LogP contribution in [0.3, 0.4) is 0 Å². The molecule has 0 aliphatic heterocycles. The number of aliphatic hydroxyl groups excluding tert-OH is 1. The lowest BCUT2D eigenvalue weighted by molar-refractivity contribution is 0.168. The van der Waals surface area contributed by atoms with Gasteiger partial charge in [-0.3, -0.25) is 0 Å². The van der Waals surface area contributed by atoms with Gasteiger partial charge in [0.2, 0.25) is 0 Å². The van der Waals surface area contributed by atoms with Gasteiger partial charge >= 0.3 is 0 Å². The minimum absolute atomic E-state index is 0.158. The van der Waals surface area contributed by atoms with E-state index >= 15 is 0 Å². The summed E-state index contributed by atoms with van der Waals surface area (Å²) in [5.74, 6) is 0.164. The predicted molar refractivity (Wildman–Crippen MR) is 65.6 cm³/mol. The molecule has 1 atom stereocenters. The lowest BCUT2D eigenvalue weighted by Crippen LogP contribution is -2.25. The largest absolute Gasteiger partial charge is 0.494 e. The average molecular weight is 241 g/mol. The van der Waals surface area contributed by atoms with Crippen molar-refractivity contribution in [3.63, 3.8) is 0 Å². The number of hydrogen-bond donors (Lipinski definition) is 2. The number of methoxy groups -OCH3 is 1. The highest BCUT2D eigenvalue weighted by atomic mass is 19.1. The summed E-state index contributed by atoms with van der Waals surface area (Å²) in [6.45, 7) is 5.28. The molecule has 0 aliphatic rings. The highest BCUT2D eigenvalue weighted by molar-refractivity contribution is 5.32. The maximum absolute atomic E-state index is 13.8. The summed E-state index contributed by atoms with van der Waals surface area (Å²) in [5.41, 5.74) is 0.264. The molecule has 1 aromatic rings. The maximum Gasteiger partial charge on any atom is 0.170 e. The van der Waals surface area contributed by atoms with E-state index in [9.17, 15) is 9.50 Å². The van der Waals surface area contributed by atoms with Crippen molar-refractivity contribution in [3.05, 3.63) is 29.6 Å². The van der Waals surface area contributed by atoms with Crippen molar-refractivity contribution in [2.45, 2.75) is 20.0 Å². The van der Waals surface area contributed by atoms with E-state index in [1.165, 1.54) is 13.2 Å². The van der Waals surface area contributed by atoms with Crippen LogP contribution in [0.25, 0.3) is 0 Å². The normalized spacial score (nSPS) is 12.8. The number of aliphatic hydroxyl groups is 1. The molecule has 0 radical (unpaired) electrons. The van der Waals surface area contributed by atoms with Crippen molar-refractivity contribution in [2.24, 2.45) is 5.92 Å².